The molecular weight excluding hydrogens is 258 g/mol. The Morgan fingerprint density at radius 2 is 2.15 bits per heavy atom. The zero-order valence-corrected chi connectivity index (χ0v) is 12.7. The molecule has 0 aromatic carbocycles. The van der Waals surface area contributed by atoms with Crippen LogP contribution in [0.4, 0.5) is 0 Å². The third-order valence-corrected chi connectivity index (χ3v) is 3.97. The highest BCUT2D eigenvalue weighted by Crippen LogP contribution is 2.39. The van der Waals surface area contributed by atoms with Gasteiger partial charge in [0, 0.05) is 13.7 Å². The molecule has 1 aliphatic carbocycles. The van der Waals surface area contributed by atoms with E-state index in [2.05, 4.69) is 10.00 Å². The number of hydrogen-bond acceptors (Lipinski definition) is 5. The second kappa shape index (κ2) is 5.93. The summed E-state index contributed by atoms with van der Waals surface area (Å²) >= 11 is 0. The maximum absolute atomic E-state index is 12.8. The van der Waals surface area contributed by atoms with Crippen molar-refractivity contribution in [2.24, 2.45) is 0 Å². The third-order valence-electron chi connectivity index (χ3n) is 3.97. The first-order chi connectivity index (χ1) is 9.54. The van der Waals surface area contributed by atoms with Crippen molar-refractivity contribution in [1.82, 2.24) is 14.7 Å². The normalized spacial score (nSPS) is 17.1. The second-order valence-corrected chi connectivity index (χ2v) is 5.47. The second-order valence-electron chi connectivity index (χ2n) is 5.47. The van der Waals surface area contributed by atoms with Gasteiger partial charge in [0.05, 0.1) is 19.9 Å². The first-order valence-corrected chi connectivity index (χ1v) is 6.88. The Balaban J connectivity index is 2.28. The monoisotopic (exact) mass is 281 g/mol. The zero-order valence-electron chi connectivity index (χ0n) is 12.7. The summed E-state index contributed by atoms with van der Waals surface area (Å²) in [6, 6.07) is 0. The molecule has 0 atom stereocenters. The van der Waals surface area contributed by atoms with E-state index in [0.717, 1.165) is 25.8 Å². The molecule has 1 aromatic heterocycles. The molecule has 0 spiro atoms. The van der Waals surface area contributed by atoms with Gasteiger partial charge in [-0.05, 0) is 33.4 Å². The van der Waals surface area contributed by atoms with Crippen molar-refractivity contribution in [3.05, 3.63) is 11.9 Å². The van der Waals surface area contributed by atoms with Crippen molar-refractivity contribution in [3.8, 4) is 5.75 Å². The molecule has 1 saturated carbocycles. The van der Waals surface area contributed by atoms with Crippen molar-refractivity contribution in [3.63, 3.8) is 0 Å². The fourth-order valence-electron chi connectivity index (χ4n) is 2.45. The van der Waals surface area contributed by atoms with Gasteiger partial charge < -0.3 is 14.4 Å². The van der Waals surface area contributed by atoms with Crippen LogP contribution < -0.4 is 4.74 Å². The molecule has 1 fully saturated rings. The first kappa shape index (κ1) is 15.0. The third kappa shape index (κ3) is 2.58. The van der Waals surface area contributed by atoms with Crippen LogP contribution in [0.1, 0.15) is 29.8 Å². The summed E-state index contributed by atoms with van der Waals surface area (Å²) < 4.78 is 12.5. The molecule has 6 heteroatoms. The fraction of sp³-hybridized carbons (Fsp3) is 0.714. The maximum Gasteiger partial charge on any atom is 0.216 e. The summed E-state index contributed by atoms with van der Waals surface area (Å²) in [5, 5.41) is 4.27. The number of aromatic nitrogens is 2. The average molecular weight is 281 g/mol. The molecule has 1 aliphatic rings. The van der Waals surface area contributed by atoms with E-state index in [1.807, 2.05) is 14.1 Å². The van der Waals surface area contributed by atoms with Crippen LogP contribution in [0.5, 0.6) is 5.75 Å². The number of ether oxygens (including phenoxy) is 2. The van der Waals surface area contributed by atoms with Crippen molar-refractivity contribution in [1.29, 1.82) is 0 Å². The number of ketones is 1. The molecule has 112 valence electrons. The smallest absolute Gasteiger partial charge is 0.216 e. The number of likely N-dealkylation sites (N-methyl/N-ethyl adjacent to an activating group) is 1. The Labute approximate surface area is 119 Å². The largest absolute Gasteiger partial charge is 0.493 e. The number of Topliss-reactive ketones (excluding diaryl/α,β-unsaturated/α-hetero) is 1. The van der Waals surface area contributed by atoms with Gasteiger partial charge in [0.15, 0.2) is 5.75 Å². The van der Waals surface area contributed by atoms with Crippen LogP contribution in [0, 0.1) is 0 Å². The Morgan fingerprint density at radius 3 is 2.60 bits per heavy atom. The van der Waals surface area contributed by atoms with E-state index in [-0.39, 0.29) is 5.78 Å². The summed E-state index contributed by atoms with van der Waals surface area (Å²) in [5.74, 6) is 0.511. The predicted octanol–water partition coefficient (Wildman–Crippen LogP) is 1.21. The van der Waals surface area contributed by atoms with Gasteiger partial charge in [-0.2, -0.15) is 5.10 Å². The van der Waals surface area contributed by atoms with E-state index in [1.165, 1.54) is 0 Å². The Bertz CT molecular complexity index is 472. The predicted molar refractivity (Wildman–Crippen MR) is 75.3 cm³/mol. The van der Waals surface area contributed by atoms with Gasteiger partial charge in [0.1, 0.15) is 11.3 Å². The summed E-state index contributed by atoms with van der Waals surface area (Å²) in [7, 11) is 7.14. The molecule has 6 nitrogen and oxygen atoms in total. The van der Waals surface area contributed by atoms with E-state index in [4.69, 9.17) is 9.47 Å². The van der Waals surface area contributed by atoms with Crippen LogP contribution in [0.15, 0.2) is 6.20 Å². The minimum Gasteiger partial charge on any atom is -0.493 e. The van der Waals surface area contributed by atoms with E-state index >= 15 is 0 Å². The van der Waals surface area contributed by atoms with Gasteiger partial charge in [-0.3, -0.25) is 9.48 Å². The molecule has 2 rings (SSSR count). The van der Waals surface area contributed by atoms with Gasteiger partial charge in [-0.25, -0.2) is 0 Å². The Morgan fingerprint density at radius 1 is 1.45 bits per heavy atom. The highest BCUT2D eigenvalue weighted by Gasteiger charge is 2.47. The molecule has 0 saturated heterocycles. The summed E-state index contributed by atoms with van der Waals surface area (Å²) in [6.45, 7) is 1.46. The van der Waals surface area contributed by atoms with Crippen LogP contribution in [0.3, 0.4) is 0 Å². The van der Waals surface area contributed by atoms with Crippen molar-refractivity contribution < 1.29 is 14.3 Å². The molecule has 0 radical (unpaired) electrons. The van der Waals surface area contributed by atoms with E-state index < -0.39 is 5.60 Å². The number of carbonyl (C=O) groups excluding carboxylic acids is 1. The van der Waals surface area contributed by atoms with Crippen LogP contribution in [0.2, 0.25) is 0 Å². The molecule has 0 bridgehead atoms. The minimum atomic E-state index is -0.677. The van der Waals surface area contributed by atoms with Crippen LogP contribution in [0.25, 0.3) is 0 Å². The fourth-order valence-corrected chi connectivity index (χ4v) is 2.45. The summed E-state index contributed by atoms with van der Waals surface area (Å²) in [5.41, 5.74) is -0.153. The molecular formula is C14H23N3O3. The topological polar surface area (TPSA) is 56.6 Å². The van der Waals surface area contributed by atoms with Crippen LogP contribution in [-0.2, 0) is 11.3 Å². The minimum absolute atomic E-state index is 0.0145. The number of methoxy groups -OCH3 is 2. The SMILES string of the molecule is COc1cnn(CCN(C)C)c1C(=O)C1(OC)CCC1. The van der Waals surface area contributed by atoms with Crippen LogP contribution in [-0.4, -0.2) is 60.9 Å². The molecule has 0 unspecified atom stereocenters. The molecule has 0 aliphatic heterocycles. The lowest BCUT2D eigenvalue weighted by Gasteiger charge is -2.38. The van der Waals surface area contributed by atoms with E-state index in [1.54, 1.807) is 25.1 Å². The molecule has 20 heavy (non-hydrogen) atoms. The Hall–Kier alpha value is -1.40. The van der Waals surface area contributed by atoms with Crippen molar-refractivity contribution in [2.75, 3.05) is 34.9 Å². The molecule has 1 heterocycles. The highest BCUT2D eigenvalue weighted by atomic mass is 16.5. The van der Waals surface area contributed by atoms with E-state index in [0.29, 0.717) is 18.0 Å². The van der Waals surface area contributed by atoms with Gasteiger partial charge >= 0.3 is 0 Å². The van der Waals surface area contributed by atoms with Crippen molar-refractivity contribution >= 4 is 5.78 Å². The van der Waals surface area contributed by atoms with Gasteiger partial charge in [-0.15, -0.1) is 0 Å². The summed E-state index contributed by atoms with van der Waals surface area (Å²) in [6.07, 6.45) is 4.16. The standard InChI is InChI=1S/C14H23N3O3/c1-16(2)8-9-17-12(11(19-3)10-15-17)13(18)14(20-4)6-5-7-14/h10H,5-9H2,1-4H3. The highest BCUT2D eigenvalue weighted by molar-refractivity contribution is 6.03. The number of nitrogens with zero attached hydrogens (tertiary/aromatic N) is 3. The lowest BCUT2D eigenvalue weighted by atomic mass is 9.75. The first-order valence-electron chi connectivity index (χ1n) is 6.88. The molecule has 0 amide bonds. The van der Waals surface area contributed by atoms with Gasteiger partial charge in [0.25, 0.3) is 0 Å². The number of carbonyl (C=O) groups is 1. The van der Waals surface area contributed by atoms with Crippen LogP contribution >= 0.6 is 0 Å². The maximum atomic E-state index is 12.8. The van der Waals surface area contributed by atoms with Gasteiger partial charge in [0.2, 0.25) is 5.78 Å². The van der Waals surface area contributed by atoms with Gasteiger partial charge in [-0.1, -0.05) is 0 Å². The summed E-state index contributed by atoms with van der Waals surface area (Å²) in [4.78, 5) is 14.9. The number of rotatable bonds is 7. The van der Waals surface area contributed by atoms with Crippen molar-refractivity contribution in [2.45, 2.75) is 31.4 Å². The lowest BCUT2D eigenvalue weighted by Crippen LogP contribution is -2.48. The van der Waals surface area contributed by atoms with E-state index in [9.17, 15) is 4.79 Å². The average Bonchev–Trinajstić information content (AvgIpc) is 2.78. The Kier molecular flexibility index (Phi) is 4.45. The quantitative estimate of drug-likeness (QED) is 0.703. The molecule has 0 N–H and O–H groups in total. The lowest BCUT2D eigenvalue weighted by molar-refractivity contribution is -0.0456. The molecule has 1 aromatic rings. The zero-order chi connectivity index (χ0) is 14.8. The number of hydrogen-bond donors (Lipinski definition) is 0.